The standard InChI is InChI=1S/C26H34FN3O7S/c1-5-6-7-14-37-24-13-10-22(30(32)33)15-20(24)16-26(31)28-17-19(2)25(36-4)18-29(3)38(34,35)23-11-8-21(27)9-12-23/h5-6,8-13,15,19,25H,7,14,16-18H2,1-4H3,(H,28,31)/b6-5+/t19-,25+/m1/s1. The molecular weight excluding hydrogens is 517 g/mol. The van der Waals surface area contributed by atoms with Gasteiger partial charge < -0.3 is 14.8 Å². The maximum absolute atomic E-state index is 13.2. The van der Waals surface area contributed by atoms with Gasteiger partial charge in [0.2, 0.25) is 15.9 Å². The number of nitrogens with one attached hydrogen (secondary N) is 1. The van der Waals surface area contributed by atoms with Crippen LogP contribution in [0.2, 0.25) is 0 Å². The molecule has 0 saturated carbocycles. The minimum absolute atomic E-state index is 0.00230. The highest BCUT2D eigenvalue weighted by molar-refractivity contribution is 7.89. The monoisotopic (exact) mass is 551 g/mol. The molecule has 0 aliphatic heterocycles. The Kier molecular flexibility index (Phi) is 11.8. The summed E-state index contributed by atoms with van der Waals surface area (Å²) >= 11 is 0. The van der Waals surface area contributed by atoms with Crippen molar-refractivity contribution >= 4 is 21.6 Å². The van der Waals surface area contributed by atoms with Crippen molar-refractivity contribution in [2.24, 2.45) is 5.92 Å². The zero-order valence-corrected chi connectivity index (χ0v) is 22.7. The number of likely N-dealkylation sites (N-methyl/N-ethyl adjacent to an activating group) is 1. The predicted octanol–water partition coefficient (Wildman–Crippen LogP) is 3.71. The predicted molar refractivity (Wildman–Crippen MR) is 141 cm³/mol. The number of methoxy groups -OCH3 is 1. The number of rotatable bonds is 15. The zero-order valence-electron chi connectivity index (χ0n) is 21.9. The second-order valence-electron chi connectivity index (χ2n) is 8.73. The van der Waals surface area contributed by atoms with Gasteiger partial charge in [-0.25, -0.2) is 12.8 Å². The molecule has 0 saturated heterocycles. The van der Waals surface area contributed by atoms with Gasteiger partial charge in [-0.3, -0.25) is 14.9 Å². The molecule has 0 aliphatic rings. The first-order valence-corrected chi connectivity index (χ1v) is 13.5. The van der Waals surface area contributed by atoms with Gasteiger partial charge in [-0.05, 0) is 43.7 Å². The van der Waals surface area contributed by atoms with Crippen LogP contribution < -0.4 is 10.1 Å². The largest absolute Gasteiger partial charge is 0.493 e. The summed E-state index contributed by atoms with van der Waals surface area (Å²) in [5, 5.41) is 14.0. The van der Waals surface area contributed by atoms with Crippen LogP contribution in [-0.2, 0) is 26.0 Å². The van der Waals surface area contributed by atoms with E-state index in [1.807, 2.05) is 19.1 Å². The summed E-state index contributed by atoms with van der Waals surface area (Å²) in [6, 6.07) is 8.67. The quantitative estimate of drug-likeness (QED) is 0.155. The number of nitrogens with zero attached hydrogens (tertiary/aromatic N) is 2. The lowest BCUT2D eigenvalue weighted by molar-refractivity contribution is -0.384. The average Bonchev–Trinajstić information content (AvgIpc) is 2.88. The zero-order chi connectivity index (χ0) is 28.3. The number of nitro groups is 1. The molecule has 2 atom stereocenters. The molecule has 2 rings (SSSR count). The maximum Gasteiger partial charge on any atom is 0.269 e. The van der Waals surface area contributed by atoms with Crippen LogP contribution in [0.4, 0.5) is 10.1 Å². The van der Waals surface area contributed by atoms with E-state index in [1.165, 1.54) is 44.5 Å². The SMILES string of the molecule is C/C=C/CCOc1ccc([N+](=O)[O-])cc1CC(=O)NC[C@@H](C)[C@H](CN(C)S(=O)(=O)c1ccc(F)cc1)OC. The van der Waals surface area contributed by atoms with Crippen LogP contribution in [0.5, 0.6) is 5.75 Å². The molecule has 0 spiro atoms. The topological polar surface area (TPSA) is 128 Å². The Morgan fingerprint density at radius 1 is 1.24 bits per heavy atom. The van der Waals surface area contributed by atoms with Crippen LogP contribution in [0.15, 0.2) is 59.5 Å². The van der Waals surface area contributed by atoms with Crippen molar-refractivity contribution < 1.29 is 32.0 Å². The maximum atomic E-state index is 13.2. The minimum Gasteiger partial charge on any atom is -0.493 e. The highest BCUT2D eigenvalue weighted by atomic mass is 32.2. The molecule has 0 radical (unpaired) electrons. The van der Waals surface area contributed by atoms with Gasteiger partial charge in [0.05, 0.1) is 29.0 Å². The van der Waals surface area contributed by atoms with Gasteiger partial charge in [0.25, 0.3) is 5.69 Å². The summed E-state index contributed by atoms with van der Waals surface area (Å²) in [6.07, 6.45) is 3.77. The van der Waals surface area contributed by atoms with Crippen LogP contribution in [0.1, 0.15) is 25.8 Å². The number of hydrogen-bond acceptors (Lipinski definition) is 7. The number of sulfonamides is 1. The Morgan fingerprint density at radius 2 is 1.92 bits per heavy atom. The van der Waals surface area contributed by atoms with Gasteiger partial charge in [0, 0.05) is 50.9 Å². The summed E-state index contributed by atoms with van der Waals surface area (Å²) in [4.78, 5) is 23.3. The van der Waals surface area contributed by atoms with Gasteiger partial charge in [-0.15, -0.1) is 0 Å². The molecule has 2 aromatic carbocycles. The molecule has 0 heterocycles. The Balaban J connectivity index is 2.01. The van der Waals surface area contributed by atoms with E-state index in [1.54, 1.807) is 6.92 Å². The number of nitro benzene ring substituents is 1. The van der Waals surface area contributed by atoms with E-state index in [0.717, 1.165) is 16.4 Å². The molecule has 208 valence electrons. The molecule has 38 heavy (non-hydrogen) atoms. The van der Waals surface area contributed by atoms with Crippen LogP contribution in [-0.4, -0.2) is 63.5 Å². The van der Waals surface area contributed by atoms with Crippen molar-refractivity contribution in [1.29, 1.82) is 0 Å². The van der Waals surface area contributed by atoms with Gasteiger partial charge in [0.15, 0.2) is 0 Å². The molecule has 0 bridgehead atoms. The van der Waals surface area contributed by atoms with Crippen LogP contribution in [0.3, 0.4) is 0 Å². The lowest BCUT2D eigenvalue weighted by Gasteiger charge is -2.27. The van der Waals surface area contributed by atoms with E-state index < -0.39 is 26.9 Å². The number of hydrogen-bond donors (Lipinski definition) is 1. The van der Waals surface area contributed by atoms with E-state index in [0.29, 0.717) is 24.3 Å². The van der Waals surface area contributed by atoms with E-state index in [9.17, 15) is 27.7 Å². The normalized spacial score (nSPS) is 13.4. The fourth-order valence-corrected chi connectivity index (χ4v) is 4.81. The molecule has 2 aromatic rings. The molecule has 10 nitrogen and oxygen atoms in total. The summed E-state index contributed by atoms with van der Waals surface area (Å²) in [5.74, 6) is -0.803. The van der Waals surface area contributed by atoms with Crippen molar-refractivity contribution in [3.05, 3.63) is 76.1 Å². The molecule has 0 aromatic heterocycles. The van der Waals surface area contributed by atoms with E-state index in [2.05, 4.69) is 5.32 Å². The summed E-state index contributed by atoms with van der Waals surface area (Å²) in [6.45, 7) is 4.23. The van der Waals surface area contributed by atoms with E-state index in [4.69, 9.17) is 9.47 Å². The Hall–Kier alpha value is -3.35. The van der Waals surface area contributed by atoms with Crippen LogP contribution in [0, 0.1) is 21.8 Å². The van der Waals surface area contributed by atoms with Crippen LogP contribution in [0.25, 0.3) is 0 Å². The first kappa shape index (κ1) is 30.9. The fourth-order valence-electron chi connectivity index (χ4n) is 3.63. The molecule has 12 heteroatoms. The van der Waals surface area contributed by atoms with Crippen molar-refractivity contribution in [2.75, 3.05) is 33.9 Å². The lowest BCUT2D eigenvalue weighted by Crippen LogP contribution is -2.42. The van der Waals surface area contributed by atoms with Crippen molar-refractivity contribution in [3.8, 4) is 5.75 Å². The highest BCUT2D eigenvalue weighted by Crippen LogP contribution is 2.25. The van der Waals surface area contributed by atoms with Gasteiger partial charge >= 0.3 is 0 Å². The van der Waals surface area contributed by atoms with Gasteiger partial charge in [-0.2, -0.15) is 4.31 Å². The second kappa shape index (κ2) is 14.6. The Bertz CT molecular complexity index is 1220. The highest BCUT2D eigenvalue weighted by Gasteiger charge is 2.27. The summed E-state index contributed by atoms with van der Waals surface area (Å²) in [7, 11) is -1.02. The number of ether oxygens (including phenoxy) is 2. The van der Waals surface area contributed by atoms with E-state index in [-0.39, 0.29) is 41.9 Å². The molecular formula is C26H34FN3O7S. The smallest absolute Gasteiger partial charge is 0.269 e. The number of carbonyl (C=O) groups excluding carboxylic acids is 1. The number of carbonyl (C=O) groups is 1. The number of allylic oxidation sites excluding steroid dienone is 1. The summed E-state index contributed by atoms with van der Waals surface area (Å²) in [5.41, 5.74) is 0.241. The van der Waals surface area contributed by atoms with Crippen molar-refractivity contribution in [3.63, 3.8) is 0 Å². The third kappa shape index (κ3) is 8.89. The van der Waals surface area contributed by atoms with Crippen LogP contribution >= 0.6 is 0 Å². The Morgan fingerprint density at radius 3 is 2.53 bits per heavy atom. The number of benzene rings is 2. The van der Waals surface area contributed by atoms with Gasteiger partial charge in [-0.1, -0.05) is 19.1 Å². The first-order chi connectivity index (χ1) is 18.0. The fraction of sp³-hybridized carbons (Fsp3) is 0.423. The van der Waals surface area contributed by atoms with Gasteiger partial charge in [0.1, 0.15) is 11.6 Å². The average molecular weight is 552 g/mol. The van der Waals surface area contributed by atoms with E-state index >= 15 is 0 Å². The molecule has 0 aliphatic carbocycles. The molecule has 1 amide bonds. The lowest BCUT2D eigenvalue weighted by atomic mass is 10.0. The molecule has 1 N–H and O–H groups in total. The number of halogens is 1. The third-order valence-electron chi connectivity index (χ3n) is 5.90. The summed E-state index contributed by atoms with van der Waals surface area (Å²) < 4.78 is 51.2. The van der Waals surface area contributed by atoms with Crippen molar-refractivity contribution in [2.45, 2.75) is 37.7 Å². The number of amides is 1. The minimum atomic E-state index is -3.87. The molecule has 0 fully saturated rings. The molecule has 0 unspecified atom stereocenters. The van der Waals surface area contributed by atoms with Crippen molar-refractivity contribution in [1.82, 2.24) is 9.62 Å². The first-order valence-electron chi connectivity index (χ1n) is 12.0. The third-order valence-corrected chi connectivity index (χ3v) is 7.74. The second-order valence-corrected chi connectivity index (χ2v) is 10.8. The number of non-ortho nitro benzene ring substituents is 1. The Labute approximate surface area is 222 Å².